The molecular formula is C69H45BN6. The normalized spacial score (nSPS) is 12.4. The number of anilines is 6. The van der Waals surface area contributed by atoms with E-state index in [1.54, 1.807) is 0 Å². The van der Waals surface area contributed by atoms with Crippen molar-refractivity contribution in [1.82, 2.24) is 19.5 Å². The summed E-state index contributed by atoms with van der Waals surface area (Å²) in [6.07, 6.45) is 0. The van der Waals surface area contributed by atoms with Crippen molar-refractivity contribution in [2.75, 3.05) is 9.80 Å². The van der Waals surface area contributed by atoms with E-state index in [0.29, 0.717) is 17.5 Å². The highest BCUT2D eigenvalue weighted by molar-refractivity contribution is 7.00. The standard InChI is InChI=1S/C69H45BN6/c1-5-23-46(24-6-1)67-71-68(47-25-7-2-8-26-47)73-69(72-67)56-36-22-35-53(66(56)76-59-39-17-13-33-54(59)55-34-14-18-40-60(55)76)49-28-21-27-48(43-49)50-44-63-65-64(45-50)75(52-31-11-4-12-32-52)62-42-20-16-38-58(62)70(65)57-37-15-19-41-61(57)74(63)51-29-9-3-10-30-51/h1-45H. The first-order valence-electron chi connectivity index (χ1n) is 25.9. The Morgan fingerprint density at radius 1 is 0.289 bits per heavy atom. The molecule has 13 aromatic rings. The van der Waals surface area contributed by atoms with Crippen molar-refractivity contribution in [1.29, 1.82) is 0 Å². The number of nitrogens with zero attached hydrogens (tertiary/aromatic N) is 6. The van der Waals surface area contributed by atoms with Crippen molar-refractivity contribution in [3.05, 3.63) is 273 Å². The van der Waals surface area contributed by atoms with Gasteiger partial charge < -0.3 is 14.4 Å². The molecule has 0 radical (unpaired) electrons. The summed E-state index contributed by atoms with van der Waals surface area (Å²) in [4.78, 5) is 20.8. The van der Waals surface area contributed by atoms with Gasteiger partial charge in [0.15, 0.2) is 17.5 Å². The zero-order valence-electron chi connectivity index (χ0n) is 41.2. The summed E-state index contributed by atoms with van der Waals surface area (Å²) in [6.45, 7) is 0.0226. The number of hydrogen-bond acceptors (Lipinski definition) is 5. The Kier molecular flexibility index (Phi) is 10.2. The minimum absolute atomic E-state index is 0.0226. The summed E-state index contributed by atoms with van der Waals surface area (Å²) in [6, 6.07) is 97.9. The summed E-state index contributed by atoms with van der Waals surface area (Å²) in [5.74, 6) is 1.82. The first-order chi connectivity index (χ1) is 37.7. The smallest absolute Gasteiger partial charge is 0.252 e. The lowest BCUT2D eigenvalue weighted by Crippen LogP contribution is -2.61. The summed E-state index contributed by atoms with van der Waals surface area (Å²) >= 11 is 0. The Hall–Kier alpha value is -10.1. The van der Waals surface area contributed by atoms with E-state index < -0.39 is 0 Å². The van der Waals surface area contributed by atoms with Gasteiger partial charge in [0.05, 0.1) is 16.7 Å². The van der Waals surface area contributed by atoms with Gasteiger partial charge in [-0.1, -0.05) is 200 Å². The van der Waals surface area contributed by atoms with Gasteiger partial charge in [-0.05, 0) is 106 Å². The van der Waals surface area contributed by atoms with Crippen molar-refractivity contribution in [3.63, 3.8) is 0 Å². The van der Waals surface area contributed by atoms with Gasteiger partial charge in [0.2, 0.25) is 0 Å². The Labute approximate surface area is 441 Å². The SMILES string of the molecule is c1ccc(-c2nc(-c3ccccc3)nc(-c3cccc(-c4cccc(-c5cc6c7c(c5)N(c5ccccc5)c5ccccc5B7c5ccccc5N6c5ccccc5)c4)c3-n3c4ccccc4c4ccccc43)n2)cc1. The molecule has 7 heteroatoms. The van der Waals surface area contributed by atoms with Crippen LogP contribution in [0.25, 0.3) is 83.9 Å². The van der Waals surface area contributed by atoms with Crippen LogP contribution >= 0.6 is 0 Å². The minimum Gasteiger partial charge on any atom is -0.311 e. The van der Waals surface area contributed by atoms with E-state index in [2.05, 4.69) is 251 Å². The molecule has 0 saturated carbocycles. The maximum atomic E-state index is 5.35. The minimum atomic E-state index is 0.0226. The molecule has 0 aliphatic carbocycles. The van der Waals surface area contributed by atoms with E-state index in [-0.39, 0.29) is 6.71 Å². The predicted molar refractivity (Wildman–Crippen MR) is 315 cm³/mol. The van der Waals surface area contributed by atoms with E-state index in [1.165, 1.54) is 38.5 Å². The Bertz CT molecular complexity index is 4150. The van der Waals surface area contributed by atoms with Crippen LogP contribution in [-0.4, -0.2) is 26.2 Å². The third-order valence-corrected chi connectivity index (χ3v) is 15.2. The molecule has 0 spiro atoms. The lowest BCUT2D eigenvalue weighted by molar-refractivity contribution is 1.06. The van der Waals surface area contributed by atoms with Crippen LogP contribution in [0.3, 0.4) is 0 Å². The fourth-order valence-corrected chi connectivity index (χ4v) is 11.9. The molecule has 0 saturated heterocycles. The first-order valence-corrected chi connectivity index (χ1v) is 25.9. The second kappa shape index (κ2) is 17.8. The van der Waals surface area contributed by atoms with Crippen LogP contribution in [0.5, 0.6) is 0 Å². The maximum Gasteiger partial charge on any atom is 0.252 e. The van der Waals surface area contributed by atoms with Crippen molar-refractivity contribution in [3.8, 4) is 62.1 Å². The largest absolute Gasteiger partial charge is 0.311 e. The second-order valence-corrected chi connectivity index (χ2v) is 19.5. The van der Waals surface area contributed by atoms with Crippen LogP contribution in [-0.2, 0) is 0 Å². The molecule has 0 bridgehead atoms. The third-order valence-electron chi connectivity index (χ3n) is 15.2. The van der Waals surface area contributed by atoms with E-state index >= 15 is 0 Å². The first kappa shape index (κ1) is 43.5. The van der Waals surface area contributed by atoms with Crippen molar-refractivity contribution in [2.24, 2.45) is 0 Å². The molecule has 0 unspecified atom stereocenters. The molecule has 0 N–H and O–H groups in total. The number of aromatic nitrogens is 4. The Morgan fingerprint density at radius 3 is 1.26 bits per heavy atom. The van der Waals surface area contributed by atoms with Crippen LogP contribution in [0.2, 0.25) is 0 Å². The highest BCUT2D eigenvalue weighted by Crippen LogP contribution is 2.47. The molecule has 0 fully saturated rings. The Morgan fingerprint density at radius 2 is 0.711 bits per heavy atom. The Balaban J connectivity index is 0.992. The van der Waals surface area contributed by atoms with Gasteiger partial charge in [-0.25, -0.2) is 15.0 Å². The number of para-hydroxylation sites is 7. The second-order valence-electron chi connectivity index (χ2n) is 19.5. The fraction of sp³-hybridized carbons (Fsp3) is 0. The van der Waals surface area contributed by atoms with Gasteiger partial charge >= 0.3 is 0 Å². The molecule has 0 atom stereocenters. The van der Waals surface area contributed by atoms with Crippen LogP contribution in [0, 0.1) is 0 Å². The van der Waals surface area contributed by atoms with Gasteiger partial charge in [-0.2, -0.15) is 0 Å². The molecular weight excluding hydrogens is 924 g/mol. The molecule has 4 heterocycles. The van der Waals surface area contributed by atoms with Crippen molar-refractivity contribution >= 4 is 79.0 Å². The van der Waals surface area contributed by atoms with Gasteiger partial charge in [-0.3, -0.25) is 0 Å². The molecule has 354 valence electrons. The van der Waals surface area contributed by atoms with Crippen LogP contribution < -0.4 is 26.2 Å². The number of hydrogen-bond donors (Lipinski definition) is 0. The van der Waals surface area contributed by atoms with Crippen molar-refractivity contribution < 1.29 is 0 Å². The molecule has 0 amide bonds. The molecule has 76 heavy (non-hydrogen) atoms. The summed E-state index contributed by atoms with van der Waals surface area (Å²) in [5, 5.41) is 2.35. The van der Waals surface area contributed by atoms with Gasteiger partial charge in [-0.15, -0.1) is 0 Å². The zero-order chi connectivity index (χ0) is 50.1. The summed E-state index contributed by atoms with van der Waals surface area (Å²) in [5.41, 5.74) is 21.0. The van der Waals surface area contributed by atoms with Gasteiger partial charge in [0.25, 0.3) is 6.71 Å². The number of rotatable bonds is 8. The van der Waals surface area contributed by atoms with Gasteiger partial charge in [0, 0.05) is 67.2 Å². The monoisotopic (exact) mass is 968 g/mol. The zero-order valence-corrected chi connectivity index (χ0v) is 41.2. The highest BCUT2D eigenvalue weighted by atomic mass is 15.2. The summed E-state index contributed by atoms with van der Waals surface area (Å²) in [7, 11) is 0. The number of benzene rings is 11. The fourth-order valence-electron chi connectivity index (χ4n) is 11.9. The quantitative estimate of drug-likeness (QED) is 0.142. The molecule has 2 aromatic heterocycles. The molecule has 15 rings (SSSR count). The van der Waals surface area contributed by atoms with E-state index in [9.17, 15) is 0 Å². The van der Waals surface area contributed by atoms with Crippen LogP contribution in [0.1, 0.15) is 0 Å². The molecule has 6 nitrogen and oxygen atoms in total. The highest BCUT2D eigenvalue weighted by Gasteiger charge is 2.43. The average Bonchev–Trinajstić information content (AvgIpc) is 3.88. The van der Waals surface area contributed by atoms with Crippen LogP contribution in [0.4, 0.5) is 34.1 Å². The third kappa shape index (κ3) is 7.01. The average molecular weight is 969 g/mol. The van der Waals surface area contributed by atoms with E-state index in [4.69, 9.17) is 15.0 Å². The topological polar surface area (TPSA) is 50.1 Å². The van der Waals surface area contributed by atoms with E-state index in [0.717, 1.165) is 78.4 Å². The van der Waals surface area contributed by atoms with E-state index in [1.807, 2.05) is 36.4 Å². The lowest BCUT2D eigenvalue weighted by Gasteiger charge is -2.44. The van der Waals surface area contributed by atoms with Crippen molar-refractivity contribution in [2.45, 2.75) is 0 Å². The van der Waals surface area contributed by atoms with Gasteiger partial charge in [0.1, 0.15) is 0 Å². The van der Waals surface area contributed by atoms with Crippen LogP contribution in [0.15, 0.2) is 273 Å². The molecule has 11 aromatic carbocycles. The maximum absolute atomic E-state index is 5.35. The predicted octanol–water partition coefficient (Wildman–Crippen LogP) is 15.4. The number of fused-ring (bicyclic) bond motifs is 7. The molecule has 2 aliphatic rings. The molecule has 2 aliphatic heterocycles. The summed E-state index contributed by atoms with van der Waals surface area (Å²) < 4.78 is 2.42. The lowest BCUT2D eigenvalue weighted by atomic mass is 9.33.